The molecule has 0 unspecified atom stereocenters. The molecule has 5 heteroatoms. The van der Waals surface area contributed by atoms with Crippen LogP contribution < -0.4 is 10.6 Å². The van der Waals surface area contributed by atoms with Gasteiger partial charge >= 0.3 is 0 Å². The molecule has 0 amide bonds. The molecule has 25 heavy (non-hydrogen) atoms. The molecule has 0 radical (unpaired) electrons. The summed E-state index contributed by atoms with van der Waals surface area (Å²) in [7, 11) is 1.84. The van der Waals surface area contributed by atoms with E-state index in [-0.39, 0.29) is 24.0 Å². The Morgan fingerprint density at radius 3 is 2.52 bits per heavy atom. The summed E-state index contributed by atoms with van der Waals surface area (Å²) in [5.41, 5.74) is 2.75. The fraction of sp³-hybridized carbons (Fsp3) is 0.650. The number of rotatable bonds is 6. The predicted octanol–water partition coefficient (Wildman–Crippen LogP) is 3.61. The molecule has 0 aromatic heterocycles. The molecule has 3 rings (SSSR count). The van der Waals surface area contributed by atoms with Crippen molar-refractivity contribution in [2.75, 3.05) is 26.7 Å². The van der Waals surface area contributed by atoms with Gasteiger partial charge in [-0.3, -0.25) is 9.89 Å². The van der Waals surface area contributed by atoms with Crippen LogP contribution in [0.15, 0.2) is 29.3 Å². The van der Waals surface area contributed by atoms with Crippen molar-refractivity contribution in [1.82, 2.24) is 15.5 Å². The van der Waals surface area contributed by atoms with Crippen molar-refractivity contribution in [3.63, 3.8) is 0 Å². The first kappa shape index (κ1) is 20.5. The first-order valence-corrected chi connectivity index (χ1v) is 9.47. The smallest absolute Gasteiger partial charge is 0.191 e. The highest BCUT2D eigenvalue weighted by Gasteiger charge is 2.21. The molecule has 0 spiro atoms. The topological polar surface area (TPSA) is 39.7 Å². The van der Waals surface area contributed by atoms with Crippen LogP contribution in [0, 0.1) is 11.8 Å². The summed E-state index contributed by atoms with van der Waals surface area (Å²) in [6, 6.07) is 8.96. The summed E-state index contributed by atoms with van der Waals surface area (Å²) in [5, 5.41) is 6.85. The number of aliphatic imine (C=N–C) groups is 1. The highest BCUT2D eigenvalue weighted by atomic mass is 127. The molecule has 4 nitrogen and oxygen atoms in total. The fourth-order valence-electron chi connectivity index (χ4n) is 3.29. The maximum Gasteiger partial charge on any atom is 0.191 e. The van der Waals surface area contributed by atoms with Crippen molar-refractivity contribution in [3.05, 3.63) is 35.4 Å². The minimum Gasteiger partial charge on any atom is -0.356 e. The van der Waals surface area contributed by atoms with Gasteiger partial charge in [0.1, 0.15) is 0 Å². The van der Waals surface area contributed by atoms with Gasteiger partial charge in [0, 0.05) is 26.7 Å². The van der Waals surface area contributed by atoms with Crippen molar-refractivity contribution >= 4 is 29.9 Å². The van der Waals surface area contributed by atoms with Crippen molar-refractivity contribution in [3.8, 4) is 0 Å². The third-order valence-corrected chi connectivity index (χ3v) is 5.21. The quantitative estimate of drug-likeness (QED) is 0.391. The van der Waals surface area contributed by atoms with E-state index in [0.29, 0.717) is 0 Å². The lowest BCUT2D eigenvalue weighted by Crippen LogP contribution is -2.37. The molecule has 1 aliphatic heterocycles. The molecule has 140 valence electrons. The van der Waals surface area contributed by atoms with Crippen LogP contribution >= 0.6 is 24.0 Å². The molecule has 2 aliphatic rings. The SMILES string of the molecule is CN=C(NCc1cccc(CN2CCC(C)CC2)c1)NCC1CC1.I. The number of hydrogen-bond donors (Lipinski definition) is 2. The first-order chi connectivity index (χ1) is 11.7. The Labute approximate surface area is 169 Å². The van der Waals surface area contributed by atoms with Crippen molar-refractivity contribution in [2.24, 2.45) is 16.8 Å². The zero-order valence-corrected chi connectivity index (χ0v) is 18.0. The average Bonchev–Trinajstić information content (AvgIpc) is 3.42. The van der Waals surface area contributed by atoms with Crippen LogP contribution in [0.4, 0.5) is 0 Å². The van der Waals surface area contributed by atoms with Crippen LogP contribution in [0.5, 0.6) is 0 Å². The van der Waals surface area contributed by atoms with Gasteiger partial charge in [-0.2, -0.15) is 0 Å². The monoisotopic (exact) mass is 456 g/mol. The largest absolute Gasteiger partial charge is 0.356 e. The first-order valence-electron chi connectivity index (χ1n) is 9.47. The van der Waals surface area contributed by atoms with Gasteiger partial charge < -0.3 is 10.6 Å². The summed E-state index contributed by atoms with van der Waals surface area (Å²) >= 11 is 0. The number of halogens is 1. The van der Waals surface area contributed by atoms with Gasteiger partial charge in [-0.05, 0) is 61.7 Å². The third-order valence-electron chi connectivity index (χ3n) is 5.21. The second-order valence-corrected chi connectivity index (χ2v) is 7.53. The van der Waals surface area contributed by atoms with Gasteiger partial charge in [0.15, 0.2) is 5.96 Å². The van der Waals surface area contributed by atoms with Gasteiger partial charge in [-0.1, -0.05) is 31.2 Å². The number of hydrogen-bond acceptors (Lipinski definition) is 2. The number of likely N-dealkylation sites (tertiary alicyclic amines) is 1. The summed E-state index contributed by atoms with van der Waals surface area (Å²) in [6.07, 6.45) is 5.40. The van der Waals surface area contributed by atoms with E-state index in [2.05, 4.69) is 51.7 Å². The van der Waals surface area contributed by atoms with E-state index in [1.54, 1.807) is 0 Å². The minimum atomic E-state index is 0. The molecule has 2 N–H and O–H groups in total. The lowest BCUT2D eigenvalue weighted by Gasteiger charge is -2.30. The van der Waals surface area contributed by atoms with E-state index < -0.39 is 0 Å². The molecule has 1 saturated heterocycles. The van der Waals surface area contributed by atoms with E-state index >= 15 is 0 Å². The maximum atomic E-state index is 4.31. The zero-order chi connectivity index (χ0) is 16.8. The fourth-order valence-corrected chi connectivity index (χ4v) is 3.29. The Hall–Kier alpha value is -0.820. The van der Waals surface area contributed by atoms with E-state index in [4.69, 9.17) is 0 Å². The Balaban J connectivity index is 0.00000225. The lowest BCUT2D eigenvalue weighted by atomic mass is 9.98. The van der Waals surface area contributed by atoms with Gasteiger partial charge in [0.25, 0.3) is 0 Å². The van der Waals surface area contributed by atoms with E-state index in [0.717, 1.165) is 37.4 Å². The van der Waals surface area contributed by atoms with Gasteiger partial charge in [0.05, 0.1) is 0 Å². The Kier molecular flexibility index (Phi) is 8.49. The van der Waals surface area contributed by atoms with Crippen LogP contribution in [0.3, 0.4) is 0 Å². The third kappa shape index (κ3) is 7.13. The zero-order valence-electron chi connectivity index (χ0n) is 15.6. The van der Waals surface area contributed by atoms with Gasteiger partial charge in [-0.15, -0.1) is 24.0 Å². The van der Waals surface area contributed by atoms with Crippen LogP contribution in [-0.4, -0.2) is 37.5 Å². The maximum absolute atomic E-state index is 4.31. The van der Waals surface area contributed by atoms with E-state index in [1.165, 1.54) is 49.9 Å². The molecule has 1 aromatic carbocycles. The number of guanidine groups is 1. The van der Waals surface area contributed by atoms with Crippen LogP contribution in [-0.2, 0) is 13.1 Å². The number of piperidine rings is 1. The van der Waals surface area contributed by atoms with Crippen LogP contribution in [0.1, 0.15) is 43.7 Å². The molecule has 1 aromatic rings. The molecular weight excluding hydrogens is 423 g/mol. The Morgan fingerprint density at radius 1 is 1.12 bits per heavy atom. The average molecular weight is 456 g/mol. The Morgan fingerprint density at radius 2 is 1.84 bits per heavy atom. The highest BCUT2D eigenvalue weighted by Crippen LogP contribution is 2.27. The molecule has 0 bridgehead atoms. The minimum absolute atomic E-state index is 0. The Bertz CT molecular complexity index is 548. The van der Waals surface area contributed by atoms with Gasteiger partial charge in [0.2, 0.25) is 0 Å². The second-order valence-electron chi connectivity index (χ2n) is 7.53. The second kappa shape index (κ2) is 10.4. The summed E-state index contributed by atoms with van der Waals surface area (Å²) < 4.78 is 0. The number of benzene rings is 1. The van der Waals surface area contributed by atoms with E-state index in [9.17, 15) is 0 Å². The molecule has 1 saturated carbocycles. The molecule has 1 aliphatic carbocycles. The highest BCUT2D eigenvalue weighted by molar-refractivity contribution is 14.0. The van der Waals surface area contributed by atoms with E-state index in [1.807, 2.05) is 7.05 Å². The normalized spacial score (nSPS) is 19.4. The van der Waals surface area contributed by atoms with Crippen LogP contribution in [0.25, 0.3) is 0 Å². The van der Waals surface area contributed by atoms with Gasteiger partial charge in [-0.25, -0.2) is 0 Å². The van der Waals surface area contributed by atoms with Crippen LogP contribution in [0.2, 0.25) is 0 Å². The molecule has 2 fully saturated rings. The lowest BCUT2D eigenvalue weighted by molar-refractivity contribution is 0.185. The molecule has 0 atom stereocenters. The molecule has 1 heterocycles. The van der Waals surface area contributed by atoms with Crippen molar-refractivity contribution in [1.29, 1.82) is 0 Å². The number of nitrogens with one attached hydrogen (secondary N) is 2. The van der Waals surface area contributed by atoms with Crippen molar-refractivity contribution < 1.29 is 0 Å². The summed E-state index contributed by atoms with van der Waals surface area (Å²) in [6.45, 7) is 7.80. The summed E-state index contributed by atoms with van der Waals surface area (Å²) in [4.78, 5) is 6.90. The molecular formula is C20H33IN4. The standard InChI is InChI=1S/C20H32N4.HI/c1-16-8-10-24(11-9-16)15-19-5-3-4-18(12-19)14-23-20(21-2)22-13-17-6-7-17;/h3-5,12,16-17H,6-11,13-15H2,1-2H3,(H2,21,22,23);1H. The summed E-state index contributed by atoms with van der Waals surface area (Å²) in [5.74, 6) is 2.67. The van der Waals surface area contributed by atoms with Crippen molar-refractivity contribution in [2.45, 2.75) is 45.7 Å². The number of nitrogens with zero attached hydrogens (tertiary/aromatic N) is 2. The predicted molar refractivity (Wildman–Crippen MR) is 116 cm³/mol.